The molecule has 1 aromatic rings. The van der Waals surface area contributed by atoms with Crippen molar-refractivity contribution in [2.45, 2.75) is 116 Å². The Hall–Kier alpha value is -0.830. The first-order valence-corrected chi connectivity index (χ1v) is 12.3. The molecule has 0 amide bonds. The first kappa shape index (κ1) is 22.8. The molecule has 0 bridgehead atoms. The van der Waals surface area contributed by atoms with Crippen molar-refractivity contribution in [2.75, 3.05) is 9.80 Å². The van der Waals surface area contributed by atoms with E-state index >= 15 is 0 Å². The van der Waals surface area contributed by atoms with E-state index < -0.39 is 8.38 Å². The maximum atomic E-state index is 12.4. The molecule has 2 heterocycles. The molecule has 2 saturated heterocycles. The Bertz CT molecular complexity index is 723. The summed E-state index contributed by atoms with van der Waals surface area (Å²) in [6, 6.07) is 5.85. The molecule has 0 unspecified atom stereocenters. The van der Waals surface area contributed by atoms with Gasteiger partial charge in [-0.05, 0) is 105 Å². The number of piperidine rings is 2. The largest absolute Gasteiger partial charge is 0.838 e. The fourth-order valence-electron chi connectivity index (χ4n) is 6.33. The third-order valence-electron chi connectivity index (χ3n) is 7.23. The van der Waals surface area contributed by atoms with E-state index in [1.807, 2.05) is 6.07 Å². The van der Waals surface area contributed by atoms with Crippen molar-refractivity contribution in [1.29, 1.82) is 0 Å². The third kappa shape index (κ3) is 4.05. The predicted octanol–water partition coefficient (Wildman–Crippen LogP) is 4.44. The van der Waals surface area contributed by atoms with E-state index in [4.69, 9.17) is 0 Å². The van der Waals surface area contributed by atoms with Crippen molar-refractivity contribution in [3.05, 3.63) is 18.2 Å². The highest BCUT2D eigenvalue weighted by molar-refractivity contribution is 7.51. The summed E-state index contributed by atoms with van der Waals surface area (Å²) in [7, 11) is -2.69. The molecule has 1 aromatic carbocycles. The van der Waals surface area contributed by atoms with Gasteiger partial charge in [0.1, 0.15) is 0 Å². The van der Waals surface area contributed by atoms with Gasteiger partial charge in [-0.15, -0.1) is 0 Å². The van der Waals surface area contributed by atoms with Crippen LogP contribution in [-0.4, -0.2) is 22.2 Å². The molecule has 0 aliphatic carbocycles. The minimum Gasteiger partial charge on any atom is -0.838 e. The van der Waals surface area contributed by atoms with Crippen LogP contribution in [0.25, 0.3) is 0 Å². The summed E-state index contributed by atoms with van der Waals surface area (Å²) in [5, 5.41) is 0.456. The number of anilines is 2. The van der Waals surface area contributed by atoms with Gasteiger partial charge in [0.15, 0.2) is 0 Å². The molecule has 0 atom stereocenters. The number of benzene rings is 1. The van der Waals surface area contributed by atoms with Gasteiger partial charge in [0.2, 0.25) is 0 Å². The highest BCUT2D eigenvalue weighted by atomic mass is 31.2. The number of nitrogens with zero attached hydrogens (tertiary/aromatic N) is 2. The number of para-hydroxylation sites is 1. The smallest absolute Gasteiger partial charge is 0.0666 e. The van der Waals surface area contributed by atoms with Gasteiger partial charge in [0, 0.05) is 22.2 Å². The van der Waals surface area contributed by atoms with Gasteiger partial charge in [-0.25, -0.2) is 0 Å². The second kappa shape index (κ2) is 7.39. The Kier molecular flexibility index (Phi) is 5.82. The first-order valence-electron chi connectivity index (χ1n) is 11.1. The van der Waals surface area contributed by atoms with Crippen LogP contribution in [-0.2, 0) is 0 Å². The van der Waals surface area contributed by atoms with E-state index in [9.17, 15) is 9.79 Å². The van der Waals surface area contributed by atoms with E-state index in [1.165, 1.54) is 6.42 Å². The van der Waals surface area contributed by atoms with Gasteiger partial charge in [0.05, 0.1) is 11.4 Å². The molecule has 3 rings (SSSR count). The molecule has 2 aliphatic rings. The maximum absolute atomic E-state index is 12.4. The lowest BCUT2D eigenvalue weighted by Crippen LogP contribution is -2.63. The van der Waals surface area contributed by atoms with Gasteiger partial charge in [-0.2, -0.15) is 0 Å². The van der Waals surface area contributed by atoms with Gasteiger partial charge >= 0.3 is 0 Å². The molecule has 2 aliphatic heterocycles. The number of hydrogen-bond donors (Lipinski definition) is 0. The quantitative estimate of drug-likeness (QED) is 0.681. The Balaban J connectivity index is 2.32. The predicted molar refractivity (Wildman–Crippen MR) is 122 cm³/mol. The zero-order valence-corrected chi connectivity index (χ0v) is 20.5. The Morgan fingerprint density at radius 1 is 0.690 bits per heavy atom. The van der Waals surface area contributed by atoms with Crippen LogP contribution in [0.2, 0.25) is 0 Å². The summed E-state index contributed by atoms with van der Waals surface area (Å²) in [4.78, 5) is 29.8. The Labute approximate surface area is 179 Å². The standard InChI is InChI=1S/C24H39N2O2P/c1-21(2)14-10-15-22(3,4)25(21)18-12-9-13-19(29(27)28)20(18)26-23(5,6)16-11-17-24(26,7)8/h9,12-13H,10-11,14-17H2,1-8H3/q-2. The monoisotopic (exact) mass is 418 g/mol. The lowest BCUT2D eigenvalue weighted by molar-refractivity contribution is -0.287. The van der Waals surface area contributed by atoms with Crippen molar-refractivity contribution < 1.29 is 9.79 Å². The molecule has 29 heavy (non-hydrogen) atoms. The second-order valence-corrected chi connectivity index (χ2v) is 12.5. The van der Waals surface area contributed by atoms with E-state index in [1.54, 1.807) is 6.07 Å². The third-order valence-corrected chi connectivity index (χ3v) is 7.98. The van der Waals surface area contributed by atoms with Crippen LogP contribution >= 0.6 is 8.38 Å². The van der Waals surface area contributed by atoms with Crippen LogP contribution in [0.3, 0.4) is 0 Å². The normalized spacial score (nSPS) is 25.3. The summed E-state index contributed by atoms with van der Waals surface area (Å²) < 4.78 is 0. The molecule has 164 valence electrons. The highest BCUT2D eigenvalue weighted by Crippen LogP contribution is 2.50. The Morgan fingerprint density at radius 2 is 1.10 bits per heavy atom. The minimum atomic E-state index is -2.69. The Morgan fingerprint density at radius 3 is 1.52 bits per heavy atom. The summed E-state index contributed by atoms with van der Waals surface area (Å²) in [5.41, 5.74) is 1.69. The number of rotatable bonds is 3. The summed E-state index contributed by atoms with van der Waals surface area (Å²) in [6.07, 6.45) is 6.70. The summed E-state index contributed by atoms with van der Waals surface area (Å²) >= 11 is 0. The average molecular weight is 419 g/mol. The lowest BCUT2D eigenvalue weighted by Gasteiger charge is -2.60. The molecule has 2 fully saturated rings. The molecule has 4 nitrogen and oxygen atoms in total. The van der Waals surface area contributed by atoms with Crippen LogP contribution in [0.4, 0.5) is 11.4 Å². The van der Waals surface area contributed by atoms with Crippen molar-refractivity contribution >= 4 is 25.1 Å². The molecule has 5 heteroatoms. The highest BCUT2D eigenvalue weighted by Gasteiger charge is 2.47. The van der Waals surface area contributed by atoms with E-state index in [0.29, 0.717) is 5.30 Å². The van der Waals surface area contributed by atoms with Crippen LogP contribution < -0.4 is 24.9 Å². The zero-order valence-electron chi connectivity index (χ0n) is 19.6. The molecule has 0 aromatic heterocycles. The molecule has 0 N–H and O–H groups in total. The van der Waals surface area contributed by atoms with Crippen LogP contribution in [0.15, 0.2) is 18.2 Å². The summed E-state index contributed by atoms with van der Waals surface area (Å²) in [5.74, 6) is 0. The molecule has 0 spiro atoms. The molecule has 0 radical (unpaired) electrons. The van der Waals surface area contributed by atoms with Crippen molar-refractivity contribution in [3.8, 4) is 0 Å². The topological polar surface area (TPSA) is 52.6 Å². The van der Waals surface area contributed by atoms with Gasteiger partial charge < -0.3 is 19.6 Å². The van der Waals surface area contributed by atoms with E-state index in [2.05, 4.69) is 71.3 Å². The molecule has 0 saturated carbocycles. The zero-order chi connectivity index (χ0) is 21.8. The van der Waals surface area contributed by atoms with E-state index in [0.717, 1.165) is 43.5 Å². The van der Waals surface area contributed by atoms with Crippen molar-refractivity contribution in [1.82, 2.24) is 0 Å². The van der Waals surface area contributed by atoms with Gasteiger partial charge in [0.25, 0.3) is 0 Å². The lowest BCUT2D eigenvalue weighted by atomic mass is 9.77. The molecular formula is C24H39N2O2P-2. The summed E-state index contributed by atoms with van der Waals surface area (Å²) in [6.45, 7) is 18.2. The fourth-order valence-corrected chi connectivity index (χ4v) is 6.92. The van der Waals surface area contributed by atoms with Crippen LogP contribution in [0.1, 0.15) is 93.9 Å². The van der Waals surface area contributed by atoms with Crippen LogP contribution in [0, 0.1) is 0 Å². The van der Waals surface area contributed by atoms with Gasteiger partial charge in [-0.1, -0.05) is 12.1 Å². The SMILES string of the molecule is CC1(C)CCCC(C)(C)N1c1cccc(P([O-])[O-])c1N1C(C)(C)CCCC1(C)C. The maximum Gasteiger partial charge on any atom is 0.0666 e. The molecular weight excluding hydrogens is 379 g/mol. The van der Waals surface area contributed by atoms with Crippen LogP contribution in [0.5, 0.6) is 0 Å². The minimum absolute atomic E-state index is 0.0340. The fraction of sp³-hybridized carbons (Fsp3) is 0.750. The van der Waals surface area contributed by atoms with E-state index in [-0.39, 0.29) is 22.2 Å². The first-order chi connectivity index (χ1) is 13.2. The average Bonchev–Trinajstić information content (AvgIpc) is 2.52. The van der Waals surface area contributed by atoms with Crippen molar-refractivity contribution in [3.63, 3.8) is 0 Å². The van der Waals surface area contributed by atoms with Crippen molar-refractivity contribution in [2.24, 2.45) is 0 Å². The second-order valence-electron chi connectivity index (χ2n) is 11.5. The number of hydrogen-bond acceptors (Lipinski definition) is 4. The van der Waals surface area contributed by atoms with Gasteiger partial charge in [-0.3, -0.25) is 8.38 Å².